The number of amides is 2. The molecule has 10 nitrogen and oxygen atoms in total. The maximum absolute atomic E-state index is 13.8. The number of anilines is 2. The van der Waals surface area contributed by atoms with Gasteiger partial charge in [0.2, 0.25) is 0 Å². The standard InChI is InChI=1S/C30H26ClN3O7S/c1-39-27-12-11-24(17-28(27)41-25-13-15-40-19-25)34(30(36)21-4-3-14-32-18-21)23-9-7-20(8-10-23)29(35)33-42(37,38)26-6-2-5-22(31)16-26/h2-12,14,16-18,25H,13,15,19H2,1H3,(H,33,35)/t25-/m1/s1. The van der Waals surface area contributed by atoms with E-state index >= 15 is 0 Å². The van der Waals surface area contributed by atoms with Crippen LogP contribution in [-0.2, 0) is 14.8 Å². The molecule has 3 aromatic carbocycles. The Hall–Kier alpha value is -4.45. The third kappa shape index (κ3) is 6.54. The summed E-state index contributed by atoms with van der Waals surface area (Å²) in [5.74, 6) is -0.293. The van der Waals surface area contributed by atoms with Crippen LogP contribution in [0.5, 0.6) is 11.5 Å². The number of nitrogens with one attached hydrogen (secondary N) is 1. The van der Waals surface area contributed by atoms with Crippen molar-refractivity contribution in [3.63, 3.8) is 0 Å². The minimum Gasteiger partial charge on any atom is -0.493 e. The van der Waals surface area contributed by atoms with Gasteiger partial charge < -0.3 is 14.2 Å². The Morgan fingerprint density at radius 3 is 2.43 bits per heavy atom. The van der Waals surface area contributed by atoms with Crippen LogP contribution < -0.4 is 19.1 Å². The summed E-state index contributed by atoms with van der Waals surface area (Å²) in [6.07, 6.45) is 3.59. The van der Waals surface area contributed by atoms with E-state index in [1.165, 1.54) is 54.6 Å². The van der Waals surface area contributed by atoms with E-state index in [0.29, 0.717) is 41.7 Å². The number of hydrogen-bond donors (Lipinski definition) is 1. The predicted molar refractivity (Wildman–Crippen MR) is 156 cm³/mol. The molecule has 1 fully saturated rings. The first-order valence-corrected chi connectivity index (χ1v) is 14.7. The lowest BCUT2D eigenvalue weighted by atomic mass is 10.1. The van der Waals surface area contributed by atoms with E-state index in [4.69, 9.17) is 25.8 Å². The highest BCUT2D eigenvalue weighted by Gasteiger charge is 2.25. The Balaban J connectivity index is 1.46. The first-order chi connectivity index (χ1) is 20.2. The molecule has 42 heavy (non-hydrogen) atoms. The molecule has 0 saturated carbocycles. The summed E-state index contributed by atoms with van der Waals surface area (Å²) in [6, 6.07) is 19.9. The Morgan fingerprint density at radius 1 is 0.976 bits per heavy atom. The Kier molecular flexibility index (Phi) is 8.72. The van der Waals surface area contributed by atoms with Crippen molar-refractivity contribution in [3.8, 4) is 11.5 Å². The molecule has 12 heteroatoms. The molecule has 2 amide bonds. The second kappa shape index (κ2) is 12.6. The molecule has 1 atom stereocenters. The van der Waals surface area contributed by atoms with E-state index in [2.05, 4.69) is 4.98 Å². The lowest BCUT2D eigenvalue weighted by molar-refractivity contribution is 0.0979. The topological polar surface area (TPSA) is 124 Å². The Bertz CT molecular complexity index is 1690. The van der Waals surface area contributed by atoms with Gasteiger partial charge in [0.1, 0.15) is 6.10 Å². The zero-order chi connectivity index (χ0) is 29.7. The van der Waals surface area contributed by atoms with Crippen molar-refractivity contribution in [2.45, 2.75) is 17.4 Å². The Labute approximate surface area is 247 Å². The molecule has 4 aromatic rings. The maximum atomic E-state index is 13.8. The molecular weight excluding hydrogens is 582 g/mol. The Morgan fingerprint density at radius 2 is 1.76 bits per heavy atom. The molecule has 216 valence electrons. The van der Waals surface area contributed by atoms with Gasteiger partial charge in [-0.3, -0.25) is 19.5 Å². The smallest absolute Gasteiger partial charge is 0.264 e. The van der Waals surface area contributed by atoms with Gasteiger partial charge in [0, 0.05) is 41.2 Å². The first kappa shape index (κ1) is 29.1. The van der Waals surface area contributed by atoms with Crippen LogP contribution >= 0.6 is 11.6 Å². The van der Waals surface area contributed by atoms with Crippen molar-refractivity contribution < 1.29 is 32.2 Å². The van der Waals surface area contributed by atoms with Gasteiger partial charge in [0.15, 0.2) is 11.5 Å². The average Bonchev–Trinajstić information content (AvgIpc) is 3.51. The summed E-state index contributed by atoms with van der Waals surface area (Å²) in [7, 11) is -2.63. The molecule has 0 aliphatic carbocycles. The van der Waals surface area contributed by atoms with E-state index in [0.717, 1.165) is 6.42 Å². The predicted octanol–water partition coefficient (Wildman–Crippen LogP) is 5.01. The maximum Gasteiger partial charge on any atom is 0.264 e. The molecule has 2 heterocycles. The average molecular weight is 608 g/mol. The summed E-state index contributed by atoms with van der Waals surface area (Å²) >= 11 is 5.91. The molecule has 1 saturated heterocycles. The summed E-state index contributed by atoms with van der Waals surface area (Å²) in [5, 5.41) is 0.219. The number of nitrogens with zero attached hydrogens (tertiary/aromatic N) is 2. The van der Waals surface area contributed by atoms with Crippen molar-refractivity contribution in [2.24, 2.45) is 0 Å². The highest BCUT2D eigenvalue weighted by Crippen LogP contribution is 2.37. The highest BCUT2D eigenvalue weighted by molar-refractivity contribution is 7.90. The van der Waals surface area contributed by atoms with Gasteiger partial charge in [0.25, 0.3) is 21.8 Å². The van der Waals surface area contributed by atoms with Crippen molar-refractivity contribution >= 4 is 44.8 Å². The van der Waals surface area contributed by atoms with Crippen LogP contribution in [0.1, 0.15) is 27.1 Å². The summed E-state index contributed by atoms with van der Waals surface area (Å²) in [6.45, 7) is 1.04. The number of sulfonamides is 1. The quantitative estimate of drug-likeness (QED) is 0.282. The lowest BCUT2D eigenvalue weighted by Gasteiger charge is -2.25. The van der Waals surface area contributed by atoms with Gasteiger partial charge in [-0.05, 0) is 66.7 Å². The van der Waals surface area contributed by atoms with Crippen LogP contribution in [0.3, 0.4) is 0 Å². The largest absolute Gasteiger partial charge is 0.493 e. The number of hydrogen-bond acceptors (Lipinski definition) is 8. The van der Waals surface area contributed by atoms with E-state index in [1.807, 2.05) is 4.72 Å². The summed E-state index contributed by atoms with van der Waals surface area (Å²) in [5.41, 5.74) is 1.28. The van der Waals surface area contributed by atoms with Crippen LogP contribution in [0.15, 0.2) is 96.2 Å². The fourth-order valence-electron chi connectivity index (χ4n) is 4.32. The van der Waals surface area contributed by atoms with Crippen LogP contribution in [0.25, 0.3) is 0 Å². The number of rotatable bonds is 9. The van der Waals surface area contributed by atoms with Crippen molar-refractivity contribution in [3.05, 3.63) is 107 Å². The normalized spacial score (nSPS) is 14.7. The minimum atomic E-state index is -4.16. The van der Waals surface area contributed by atoms with Crippen LogP contribution in [0.2, 0.25) is 5.02 Å². The zero-order valence-corrected chi connectivity index (χ0v) is 24.0. The molecule has 0 radical (unpaired) electrons. The minimum absolute atomic E-state index is 0.0677. The van der Waals surface area contributed by atoms with Crippen LogP contribution in [-0.4, -0.2) is 51.6 Å². The molecule has 1 aliphatic heterocycles. The zero-order valence-electron chi connectivity index (χ0n) is 22.4. The number of benzene rings is 3. The van der Waals surface area contributed by atoms with Crippen molar-refractivity contribution in [1.29, 1.82) is 0 Å². The summed E-state index contributed by atoms with van der Waals surface area (Å²) in [4.78, 5) is 32.0. The van der Waals surface area contributed by atoms with Gasteiger partial charge in [-0.25, -0.2) is 13.1 Å². The SMILES string of the molecule is COc1ccc(N(C(=O)c2cccnc2)c2ccc(C(=O)NS(=O)(=O)c3cccc(Cl)c3)cc2)cc1O[C@@H]1CCOC1. The van der Waals surface area contributed by atoms with E-state index < -0.39 is 15.9 Å². The molecule has 0 bridgehead atoms. The number of halogens is 1. The third-order valence-electron chi connectivity index (χ3n) is 6.42. The van der Waals surface area contributed by atoms with Gasteiger partial charge in [-0.15, -0.1) is 0 Å². The van der Waals surface area contributed by atoms with Gasteiger partial charge in [-0.2, -0.15) is 0 Å². The van der Waals surface area contributed by atoms with Crippen LogP contribution in [0, 0.1) is 0 Å². The van der Waals surface area contributed by atoms with Crippen molar-refractivity contribution in [2.75, 3.05) is 25.2 Å². The number of methoxy groups -OCH3 is 1. The molecule has 1 aliphatic rings. The number of ether oxygens (including phenoxy) is 3. The molecule has 5 rings (SSSR count). The van der Waals surface area contributed by atoms with Gasteiger partial charge in [-0.1, -0.05) is 17.7 Å². The van der Waals surface area contributed by atoms with E-state index in [1.54, 1.807) is 48.7 Å². The number of pyridine rings is 1. The second-order valence-corrected chi connectivity index (χ2v) is 11.4. The summed E-state index contributed by atoms with van der Waals surface area (Å²) < 4.78 is 44.5. The van der Waals surface area contributed by atoms with Crippen LogP contribution in [0.4, 0.5) is 11.4 Å². The number of aromatic nitrogens is 1. The van der Waals surface area contributed by atoms with E-state index in [-0.39, 0.29) is 27.5 Å². The fourth-order valence-corrected chi connectivity index (χ4v) is 5.59. The molecular formula is C30H26ClN3O7S. The van der Waals surface area contributed by atoms with E-state index in [9.17, 15) is 18.0 Å². The molecule has 1 N–H and O–H groups in total. The molecule has 0 unspecified atom stereocenters. The van der Waals surface area contributed by atoms with Gasteiger partial charge >= 0.3 is 0 Å². The second-order valence-electron chi connectivity index (χ2n) is 9.26. The third-order valence-corrected chi connectivity index (χ3v) is 7.98. The highest BCUT2D eigenvalue weighted by atomic mass is 35.5. The van der Waals surface area contributed by atoms with Crippen molar-refractivity contribution in [1.82, 2.24) is 9.71 Å². The number of carbonyl (C=O) groups excluding carboxylic acids is 2. The molecule has 0 spiro atoms. The monoisotopic (exact) mass is 607 g/mol. The first-order valence-electron chi connectivity index (χ1n) is 12.8. The lowest BCUT2D eigenvalue weighted by Crippen LogP contribution is -2.30. The molecule has 1 aromatic heterocycles. The fraction of sp³-hybridized carbons (Fsp3) is 0.167. The number of carbonyl (C=O) groups is 2. The van der Waals surface area contributed by atoms with Gasteiger partial charge in [0.05, 0.1) is 36.5 Å².